The van der Waals surface area contributed by atoms with Crippen molar-refractivity contribution in [1.82, 2.24) is 4.90 Å². The normalized spacial score (nSPS) is 10.2. The lowest BCUT2D eigenvalue weighted by molar-refractivity contribution is -0.142. The molecule has 0 bridgehead atoms. The zero-order valence-corrected chi connectivity index (χ0v) is 15.6. The molecule has 0 aliphatic rings. The van der Waals surface area contributed by atoms with Crippen molar-refractivity contribution in [2.75, 3.05) is 27.9 Å². The molecule has 2 rings (SSSR count). The average molecular weight is 378 g/mol. The van der Waals surface area contributed by atoms with Crippen LogP contribution in [0.25, 0.3) is 0 Å². The van der Waals surface area contributed by atoms with Crippen molar-refractivity contribution in [1.29, 1.82) is 0 Å². The van der Waals surface area contributed by atoms with E-state index < -0.39 is 5.97 Å². The summed E-state index contributed by atoms with van der Waals surface area (Å²) in [6.07, 6.45) is 0. The standard InChI is InChI=1S/C19H20ClNO5/c1-21(11-13-4-7-15(20)8-5-13)19(23)14-6-9-16(17(10-14)24-2)26-12-18(22)25-3/h4-10H,11-12H2,1-3H3. The predicted molar refractivity (Wildman–Crippen MR) is 97.8 cm³/mol. The van der Waals surface area contributed by atoms with Crippen molar-refractivity contribution in [2.24, 2.45) is 0 Å². The first-order valence-electron chi connectivity index (χ1n) is 7.82. The van der Waals surface area contributed by atoms with Crippen LogP contribution in [0.2, 0.25) is 5.02 Å². The quantitative estimate of drug-likeness (QED) is 0.693. The van der Waals surface area contributed by atoms with E-state index in [1.165, 1.54) is 14.2 Å². The Morgan fingerprint density at radius 1 is 1.04 bits per heavy atom. The molecule has 0 aromatic heterocycles. The third kappa shape index (κ3) is 5.13. The Bertz CT molecular complexity index is 776. The van der Waals surface area contributed by atoms with Gasteiger partial charge in [-0.25, -0.2) is 4.79 Å². The minimum Gasteiger partial charge on any atom is -0.493 e. The summed E-state index contributed by atoms with van der Waals surface area (Å²) < 4.78 is 15.1. The molecule has 0 aliphatic heterocycles. The van der Waals surface area contributed by atoms with Crippen LogP contribution in [0, 0.1) is 0 Å². The van der Waals surface area contributed by atoms with Gasteiger partial charge in [-0.05, 0) is 35.9 Å². The number of hydrogen-bond acceptors (Lipinski definition) is 5. The maximum atomic E-state index is 12.6. The molecular weight excluding hydrogens is 358 g/mol. The predicted octanol–water partition coefficient (Wildman–Crippen LogP) is 3.17. The molecule has 138 valence electrons. The van der Waals surface area contributed by atoms with Crippen molar-refractivity contribution in [2.45, 2.75) is 6.54 Å². The van der Waals surface area contributed by atoms with Crippen molar-refractivity contribution in [3.8, 4) is 11.5 Å². The van der Waals surface area contributed by atoms with Crippen LogP contribution < -0.4 is 9.47 Å². The van der Waals surface area contributed by atoms with Gasteiger partial charge in [-0.15, -0.1) is 0 Å². The molecule has 0 heterocycles. The van der Waals surface area contributed by atoms with Gasteiger partial charge < -0.3 is 19.1 Å². The van der Waals surface area contributed by atoms with Crippen LogP contribution in [-0.2, 0) is 16.1 Å². The van der Waals surface area contributed by atoms with Gasteiger partial charge in [0.25, 0.3) is 5.91 Å². The Morgan fingerprint density at radius 2 is 1.73 bits per heavy atom. The first-order valence-corrected chi connectivity index (χ1v) is 8.20. The van der Waals surface area contributed by atoms with E-state index in [-0.39, 0.29) is 12.5 Å². The number of amides is 1. The molecule has 0 saturated heterocycles. The lowest BCUT2D eigenvalue weighted by Gasteiger charge is -2.18. The van der Waals surface area contributed by atoms with Crippen LogP contribution in [0.3, 0.4) is 0 Å². The van der Waals surface area contributed by atoms with Crippen LogP contribution in [0.4, 0.5) is 0 Å². The number of nitrogens with zero attached hydrogens (tertiary/aromatic N) is 1. The summed E-state index contributed by atoms with van der Waals surface area (Å²) >= 11 is 5.87. The topological polar surface area (TPSA) is 65.1 Å². The maximum Gasteiger partial charge on any atom is 0.343 e. The summed E-state index contributed by atoms with van der Waals surface area (Å²) in [5.74, 6) is 0.0436. The Balaban J connectivity index is 2.10. The van der Waals surface area contributed by atoms with Crippen molar-refractivity contribution in [3.05, 3.63) is 58.6 Å². The number of hydrogen-bond donors (Lipinski definition) is 0. The number of ether oxygens (including phenoxy) is 3. The largest absolute Gasteiger partial charge is 0.493 e. The van der Waals surface area contributed by atoms with Crippen LogP contribution in [-0.4, -0.2) is 44.7 Å². The van der Waals surface area contributed by atoms with Gasteiger partial charge in [0.1, 0.15) is 0 Å². The number of rotatable bonds is 7. The molecule has 2 aromatic carbocycles. The molecule has 0 radical (unpaired) electrons. The number of carbonyl (C=O) groups is 2. The van der Waals surface area contributed by atoms with E-state index in [4.69, 9.17) is 21.1 Å². The number of methoxy groups -OCH3 is 2. The maximum absolute atomic E-state index is 12.6. The Labute approximate surface area is 157 Å². The van der Waals surface area contributed by atoms with Gasteiger partial charge >= 0.3 is 5.97 Å². The fraction of sp³-hybridized carbons (Fsp3) is 0.263. The summed E-state index contributed by atoms with van der Waals surface area (Å²) in [4.78, 5) is 25.4. The van der Waals surface area contributed by atoms with E-state index in [9.17, 15) is 9.59 Å². The van der Waals surface area contributed by atoms with E-state index in [1.807, 2.05) is 12.1 Å². The second-order valence-corrected chi connectivity index (χ2v) is 5.95. The highest BCUT2D eigenvalue weighted by Crippen LogP contribution is 2.28. The van der Waals surface area contributed by atoms with E-state index >= 15 is 0 Å². The molecule has 26 heavy (non-hydrogen) atoms. The molecule has 1 amide bonds. The first-order chi connectivity index (χ1) is 12.4. The van der Waals surface area contributed by atoms with E-state index in [0.29, 0.717) is 28.6 Å². The smallest absolute Gasteiger partial charge is 0.343 e. The molecule has 2 aromatic rings. The zero-order valence-electron chi connectivity index (χ0n) is 14.8. The number of carbonyl (C=O) groups excluding carboxylic acids is 2. The first kappa shape index (κ1) is 19.6. The van der Waals surface area contributed by atoms with Gasteiger partial charge in [-0.1, -0.05) is 23.7 Å². The zero-order chi connectivity index (χ0) is 19.1. The number of benzene rings is 2. The molecule has 6 nitrogen and oxygen atoms in total. The van der Waals surface area contributed by atoms with Gasteiger partial charge in [0, 0.05) is 24.2 Å². The third-order valence-electron chi connectivity index (χ3n) is 3.66. The SMILES string of the molecule is COC(=O)COc1ccc(C(=O)N(C)Cc2ccc(Cl)cc2)cc1OC. The Kier molecular flexibility index (Phi) is 6.86. The number of halogens is 1. The van der Waals surface area contributed by atoms with E-state index in [0.717, 1.165) is 5.56 Å². The van der Waals surface area contributed by atoms with Crippen molar-refractivity contribution in [3.63, 3.8) is 0 Å². The summed E-state index contributed by atoms with van der Waals surface area (Å²) in [6, 6.07) is 12.1. The van der Waals surface area contributed by atoms with Crippen molar-refractivity contribution < 1.29 is 23.8 Å². The molecule has 0 spiro atoms. The highest BCUT2D eigenvalue weighted by atomic mass is 35.5. The molecule has 0 atom stereocenters. The van der Waals surface area contributed by atoms with Gasteiger partial charge in [-0.3, -0.25) is 4.79 Å². The van der Waals surface area contributed by atoms with Crippen LogP contribution >= 0.6 is 11.6 Å². The van der Waals surface area contributed by atoms with Gasteiger partial charge in [0.15, 0.2) is 18.1 Å². The van der Waals surface area contributed by atoms with Gasteiger partial charge in [0.05, 0.1) is 14.2 Å². The Hall–Kier alpha value is -2.73. The summed E-state index contributed by atoms with van der Waals surface area (Å²) in [5, 5.41) is 0.648. The molecule has 0 saturated carbocycles. The molecule has 0 aliphatic carbocycles. The minimum absolute atomic E-state index is 0.169. The summed E-state index contributed by atoms with van der Waals surface area (Å²) in [5.41, 5.74) is 1.42. The molecule has 7 heteroatoms. The van der Waals surface area contributed by atoms with Gasteiger partial charge in [0.2, 0.25) is 0 Å². The lowest BCUT2D eigenvalue weighted by Crippen LogP contribution is -2.26. The second kappa shape index (κ2) is 9.10. The second-order valence-electron chi connectivity index (χ2n) is 5.52. The van der Waals surface area contributed by atoms with Crippen LogP contribution in [0.5, 0.6) is 11.5 Å². The molecule has 0 unspecified atom stereocenters. The highest BCUT2D eigenvalue weighted by molar-refractivity contribution is 6.30. The fourth-order valence-electron chi connectivity index (χ4n) is 2.27. The van der Waals surface area contributed by atoms with Crippen LogP contribution in [0.15, 0.2) is 42.5 Å². The molecule has 0 N–H and O–H groups in total. The Morgan fingerprint density at radius 3 is 2.35 bits per heavy atom. The lowest BCUT2D eigenvalue weighted by atomic mass is 10.1. The van der Waals surface area contributed by atoms with E-state index in [2.05, 4.69) is 4.74 Å². The third-order valence-corrected chi connectivity index (χ3v) is 3.92. The summed E-state index contributed by atoms with van der Waals surface area (Å²) in [7, 11) is 4.46. The van der Waals surface area contributed by atoms with Crippen molar-refractivity contribution >= 4 is 23.5 Å². The summed E-state index contributed by atoms with van der Waals surface area (Å²) in [6.45, 7) is 0.204. The fourth-order valence-corrected chi connectivity index (χ4v) is 2.40. The van der Waals surface area contributed by atoms with Gasteiger partial charge in [-0.2, -0.15) is 0 Å². The minimum atomic E-state index is -0.505. The number of esters is 1. The average Bonchev–Trinajstić information content (AvgIpc) is 2.66. The monoisotopic (exact) mass is 377 g/mol. The molecule has 0 fully saturated rings. The van der Waals surface area contributed by atoms with Crippen LogP contribution in [0.1, 0.15) is 15.9 Å². The molecular formula is C19H20ClNO5. The van der Waals surface area contributed by atoms with E-state index in [1.54, 1.807) is 42.3 Å². The highest BCUT2D eigenvalue weighted by Gasteiger charge is 2.16.